The average Bonchev–Trinajstić information content (AvgIpc) is 3.02. The lowest BCUT2D eigenvalue weighted by Crippen LogP contribution is -2.42. The van der Waals surface area contributed by atoms with Gasteiger partial charge in [0.2, 0.25) is 0 Å². The van der Waals surface area contributed by atoms with Crippen molar-refractivity contribution in [2.75, 3.05) is 7.11 Å². The summed E-state index contributed by atoms with van der Waals surface area (Å²) >= 11 is 0. The molecule has 0 bridgehead atoms. The zero-order chi connectivity index (χ0) is 22.6. The average molecular weight is 460 g/mol. The second-order valence-electron chi connectivity index (χ2n) is 8.58. The molecule has 0 N–H and O–H groups in total. The molecule has 4 atom stereocenters. The molecule has 10 heteroatoms. The van der Waals surface area contributed by atoms with Gasteiger partial charge in [0.15, 0.2) is 0 Å². The minimum absolute atomic E-state index is 0.00355. The highest BCUT2D eigenvalue weighted by Gasteiger charge is 2.56. The summed E-state index contributed by atoms with van der Waals surface area (Å²) in [6, 6.07) is 5.47. The van der Waals surface area contributed by atoms with E-state index in [4.69, 9.17) is 4.74 Å². The van der Waals surface area contributed by atoms with Crippen LogP contribution in [0.2, 0.25) is 0 Å². The quantitative estimate of drug-likeness (QED) is 0.272. The summed E-state index contributed by atoms with van der Waals surface area (Å²) in [5, 5.41) is 0. The Labute approximate surface area is 178 Å². The smallest absolute Gasteiger partial charge is 0.437 e. The first kappa shape index (κ1) is 22.0. The Morgan fingerprint density at radius 3 is 2.65 bits per heavy atom. The molecule has 3 aliphatic rings. The number of hydrogen-bond acceptors (Lipinski definition) is 6. The van der Waals surface area contributed by atoms with Gasteiger partial charge in [-0.15, -0.1) is 0 Å². The number of hydrogen-bond donors (Lipinski definition) is 0. The summed E-state index contributed by atoms with van der Waals surface area (Å²) in [5.74, 6) is 0.732. The number of aryl methyl sites for hydroxylation is 1. The molecule has 3 aliphatic carbocycles. The van der Waals surface area contributed by atoms with Crippen LogP contribution in [0.15, 0.2) is 30.0 Å². The summed E-state index contributed by atoms with van der Waals surface area (Å²) < 4.78 is 75.8. The largest absolute Gasteiger partial charge is 0.534 e. The third kappa shape index (κ3) is 3.68. The van der Waals surface area contributed by atoms with Crippen LogP contribution in [0.4, 0.5) is 18.0 Å². The van der Waals surface area contributed by atoms with E-state index in [9.17, 15) is 26.4 Å². The van der Waals surface area contributed by atoms with E-state index in [0.29, 0.717) is 25.0 Å². The molecule has 0 saturated heterocycles. The van der Waals surface area contributed by atoms with Gasteiger partial charge >= 0.3 is 21.8 Å². The Balaban J connectivity index is 1.55. The number of carbonyl (C=O) groups excluding carboxylic acids is 1. The Hall–Kier alpha value is -2.23. The number of halogens is 3. The molecule has 0 radical (unpaired) electrons. The molecular formula is C21H23F3O6S. The Morgan fingerprint density at radius 1 is 1.23 bits per heavy atom. The number of fused-ring (bicyclic) bond motifs is 5. The summed E-state index contributed by atoms with van der Waals surface area (Å²) in [6.07, 6.45) is 3.98. The number of methoxy groups -OCH3 is 1. The molecule has 4 unspecified atom stereocenters. The molecule has 0 aromatic heterocycles. The van der Waals surface area contributed by atoms with Crippen molar-refractivity contribution in [1.82, 2.24) is 0 Å². The number of ether oxygens (including phenoxy) is 2. The van der Waals surface area contributed by atoms with E-state index in [-0.39, 0.29) is 23.5 Å². The van der Waals surface area contributed by atoms with E-state index < -0.39 is 27.2 Å². The van der Waals surface area contributed by atoms with Crippen LogP contribution in [-0.4, -0.2) is 27.2 Å². The molecule has 6 nitrogen and oxygen atoms in total. The third-order valence-corrected chi connectivity index (χ3v) is 8.02. The highest BCUT2D eigenvalue weighted by atomic mass is 32.2. The van der Waals surface area contributed by atoms with E-state index >= 15 is 0 Å². The first-order valence-electron chi connectivity index (χ1n) is 10.1. The Bertz CT molecular complexity index is 1030. The molecular weight excluding hydrogens is 437 g/mol. The maximum absolute atomic E-state index is 12.8. The van der Waals surface area contributed by atoms with Crippen molar-refractivity contribution >= 4 is 16.3 Å². The summed E-state index contributed by atoms with van der Waals surface area (Å²) in [5.41, 5.74) is -3.97. The molecule has 31 heavy (non-hydrogen) atoms. The minimum atomic E-state index is -5.68. The standard InChI is InChI=1S/C21H23F3O6S/c1-20-10-9-15-14-6-4-13(29-19(25)28-2)11-12(14)3-5-16(15)17(20)7-8-18(20)30-31(26,27)21(22,23)24/h4,6,8,11,15-17H,3,5,7,9-10H2,1-2H3. The molecule has 1 aromatic carbocycles. The summed E-state index contributed by atoms with van der Waals surface area (Å²) in [7, 11) is -4.45. The van der Waals surface area contributed by atoms with Gasteiger partial charge in [0.05, 0.1) is 7.11 Å². The molecule has 0 aliphatic heterocycles. The molecule has 1 aromatic rings. The SMILES string of the molecule is COC(=O)Oc1ccc2c(c1)CCC1C2CCC2(C)C(OS(=O)(=O)C(F)(F)F)=CCC12. The topological polar surface area (TPSA) is 78.9 Å². The maximum Gasteiger partial charge on any atom is 0.534 e. The van der Waals surface area contributed by atoms with E-state index in [0.717, 1.165) is 24.0 Å². The first-order valence-corrected chi connectivity index (χ1v) is 11.5. The fraction of sp³-hybridized carbons (Fsp3) is 0.571. The molecule has 4 rings (SSSR count). The van der Waals surface area contributed by atoms with Crippen molar-refractivity contribution in [3.63, 3.8) is 0 Å². The van der Waals surface area contributed by atoms with Crippen LogP contribution >= 0.6 is 0 Å². The number of rotatable bonds is 3. The lowest BCUT2D eigenvalue weighted by Gasteiger charge is -2.49. The second kappa shape index (κ2) is 7.43. The van der Waals surface area contributed by atoms with Gasteiger partial charge in [-0.25, -0.2) is 4.79 Å². The predicted octanol–water partition coefficient (Wildman–Crippen LogP) is 5.05. The van der Waals surface area contributed by atoms with Gasteiger partial charge in [-0.05, 0) is 79.2 Å². The van der Waals surface area contributed by atoms with Gasteiger partial charge in [0.1, 0.15) is 11.5 Å². The normalized spacial score (nSPS) is 29.8. The first-order chi connectivity index (χ1) is 14.5. The van der Waals surface area contributed by atoms with Crippen LogP contribution in [0.5, 0.6) is 5.75 Å². The van der Waals surface area contributed by atoms with Crippen molar-refractivity contribution in [3.8, 4) is 5.75 Å². The zero-order valence-electron chi connectivity index (χ0n) is 17.1. The predicted molar refractivity (Wildman–Crippen MR) is 104 cm³/mol. The summed E-state index contributed by atoms with van der Waals surface area (Å²) in [4.78, 5) is 11.4. The van der Waals surface area contributed by atoms with E-state index in [1.54, 1.807) is 13.0 Å². The van der Waals surface area contributed by atoms with Crippen LogP contribution in [0.1, 0.15) is 49.7 Å². The van der Waals surface area contributed by atoms with Gasteiger partial charge in [0.25, 0.3) is 0 Å². The third-order valence-electron chi connectivity index (χ3n) is 7.06. The van der Waals surface area contributed by atoms with Crippen LogP contribution in [0.3, 0.4) is 0 Å². The van der Waals surface area contributed by atoms with Crippen LogP contribution in [-0.2, 0) is 25.5 Å². The van der Waals surface area contributed by atoms with E-state index in [2.05, 4.69) is 8.92 Å². The van der Waals surface area contributed by atoms with E-state index in [1.807, 2.05) is 12.1 Å². The second-order valence-corrected chi connectivity index (χ2v) is 10.1. The van der Waals surface area contributed by atoms with Gasteiger partial charge in [-0.2, -0.15) is 21.6 Å². The lowest BCUT2D eigenvalue weighted by atomic mass is 9.55. The molecule has 170 valence electrons. The van der Waals surface area contributed by atoms with Crippen LogP contribution in [0, 0.1) is 17.3 Å². The van der Waals surface area contributed by atoms with Gasteiger partial charge in [-0.3, -0.25) is 0 Å². The van der Waals surface area contributed by atoms with E-state index in [1.165, 1.54) is 13.2 Å². The molecule has 1 fully saturated rings. The highest BCUT2D eigenvalue weighted by molar-refractivity contribution is 7.87. The number of carbonyl (C=O) groups is 1. The van der Waals surface area contributed by atoms with Crippen molar-refractivity contribution in [2.45, 2.75) is 50.5 Å². The maximum atomic E-state index is 12.8. The molecule has 0 amide bonds. The Kier molecular flexibility index (Phi) is 5.27. The minimum Gasteiger partial charge on any atom is -0.437 e. The van der Waals surface area contributed by atoms with Crippen LogP contribution in [0.25, 0.3) is 0 Å². The lowest BCUT2D eigenvalue weighted by molar-refractivity contribution is -0.0544. The van der Waals surface area contributed by atoms with Crippen molar-refractivity contribution in [2.24, 2.45) is 17.3 Å². The van der Waals surface area contributed by atoms with Crippen molar-refractivity contribution in [3.05, 3.63) is 41.2 Å². The number of benzene rings is 1. The fourth-order valence-corrected chi connectivity index (χ4v) is 6.17. The van der Waals surface area contributed by atoms with Gasteiger partial charge < -0.3 is 13.7 Å². The monoisotopic (exact) mass is 460 g/mol. The summed E-state index contributed by atoms with van der Waals surface area (Å²) in [6.45, 7) is 1.81. The Morgan fingerprint density at radius 2 is 1.97 bits per heavy atom. The number of allylic oxidation sites excluding steroid dienone is 2. The molecule has 0 spiro atoms. The number of alkyl halides is 3. The van der Waals surface area contributed by atoms with Gasteiger partial charge in [-0.1, -0.05) is 13.0 Å². The van der Waals surface area contributed by atoms with Gasteiger partial charge in [0, 0.05) is 5.41 Å². The highest BCUT2D eigenvalue weighted by Crippen LogP contribution is 2.61. The van der Waals surface area contributed by atoms with Crippen LogP contribution < -0.4 is 4.74 Å². The van der Waals surface area contributed by atoms with Crippen molar-refractivity contribution in [1.29, 1.82) is 0 Å². The van der Waals surface area contributed by atoms with Crippen molar-refractivity contribution < 1.29 is 40.0 Å². The molecule has 0 heterocycles. The fourth-order valence-electron chi connectivity index (χ4n) is 5.58. The molecule has 1 saturated carbocycles. The zero-order valence-corrected chi connectivity index (χ0v) is 17.9.